The summed E-state index contributed by atoms with van der Waals surface area (Å²) < 4.78 is 1.68. The Bertz CT molecular complexity index is 721. The zero-order chi connectivity index (χ0) is 14.7. The Morgan fingerprint density at radius 2 is 1.90 bits per heavy atom. The molecule has 0 saturated heterocycles. The minimum atomic E-state index is 0.228. The second kappa shape index (κ2) is 6.28. The highest BCUT2D eigenvalue weighted by molar-refractivity contribution is 7.98. The van der Waals surface area contributed by atoms with Crippen molar-refractivity contribution in [3.63, 3.8) is 0 Å². The van der Waals surface area contributed by atoms with E-state index in [0.29, 0.717) is 0 Å². The molecule has 0 saturated carbocycles. The van der Waals surface area contributed by atoms with Gasteiger partial charge in [-0.05, 0) is 53.2 Å². The van der Waals surface area contributed by atoms with Crippen LogP contribution in [0.5, 0.6) is 5.75 Å². The number of aromatic nitrogens is 4. The van der Waals surface area contributed by atoms with Crippen molar-refractivity contribution in [3.8, 4) is 11.4 Å². The summed E-state index contributed by atoms with van der Waals surface area (Å²) in [6, 6.07) is 11.2. The van der Waals surface area contributed by atoms with Gasteiger partial charge in [-0.2, -0.15) is 4.68 Å². The van der Waals surface area contributed by atoms with Crippen LogP contribution in [0.1, 0.15) is 16.7 Å². The highest BCUT2D eigenvalue weighted by Crippen LogP contribution is 2.27. The molecule has 5 nitrogen and oxygen atoms in total. The molecular formula is C14H14N4OS2. The van der Waals surface area contributed by atoms with Crippen LogP contribution in [-0.4, -0.2) is 25.3 Å². The summed E-state index contributed by atoms with van der Waals surface area (Å²) in [5.74, 6) is 1.08. The lowest BCUT2D eigenvalue weighted by molar-refractivity contribution is 0.475. The molecule has 0 atom stereocenters. The van der Waals surface area contributed by atoms with E-state index >= 15 is 0 Å². The molecule has 0 aliphatic rings. The number of phenols is 1. The number of aromatic hydroxyl groups is 1. The molecule has 0 spiro atoms. The second-order valence-electron chi connectivity index (χ2n) is 4.40. The summed E-state index contributed by atoms with van der Waals surface area (Å²) in [5, 5.41) is 21.9. The number of thiophene rings is 1. The Hall–Kier alpha value is -1.86. The van der Waals surface area contributed by atoms with Crippen molar-refractivity contribution in [2.24, 2.45) is 0 Å². The molecule has 0 radical (unpaired) electrons. The van der Waals surface area contributed by atoms with Crippen molar-refractivity contribution in [2.75, 3.05) is 0 Å². The van der Waals surface area contributed by atoms with Crippen LogP contribution in [0.15, 0.2) is 41.6 Å². The maximum atomic E-state index is 9.34. The Kier molecular flexibility index (Phi) is 4.21. The molecule has 0 aliphatic carbocycles. The van der Waals surface area contributed by atoms with Gasteiger partial charge in [0.15, 0.2) is 0 Å². The highest BCUT2D eigenvalue weighted by atomic mass is 32.2. The summed E-state index contributed by atoms with van der Waals surface area (Å²) in [6.45, 7) is 2.16. The molecule has 0 fully saturated rings. The zero-order valence-electron chi connectivity index (χ0n) is 11.4. The number of hydrogen-bond donors (Lipinski definition) is 1. The van der Waals surface area contributed by atoms with Gasteiger partial charge in [0.2, 0.25) is 5.16 Å². The molecular weight excluding hydrogens is 304 g/mol. The van der Waals surface area contributed by atoms with Crippen molar-refractivity contribution in [1.29, 1.82) is 0 Å². The van der Waals surface area contributed by atoms with Crippen molar-refractivity contribution >= 4 is 23.1 Å². The number of benzene rings is 1. The largest absolute Gasteiger partial charge is 0.508 e. The van der Waals surface area contributed by atoms with E-state index in [1.807, 2.05) is 11.3 Å². The molecule has 7 heteroatoms. The van der Waals surface area contributed by atoms with Crippen molar-refractivity contribution < 1.29 is 5.11 Å². The number of tetrazole rings is 1. The van der Waals surface area contributed by atoms with Crippen LogP contribution >= 0.6 is 23.1 Å². The molecule has 2 heterocycles. The molecule has 21 heavy (non-hydrogen) atoms. The van der Waals surface area contributed by atoms with Crippen LogP contribution in [-0.2, 0) is 12.2 Å². The fourth-order valence-corrected chi connectivity index (χ4v) is 3.74. The van der Waals surface area contributed by atoms with E-state index in [1.165, 1.54) is 9.75 Å². The maximum absolute atomic E-state index is 9.34. The van der Waals surface area contributed by atoms with E-state index in [4.69, 9.17) is 0 Å². The van der Waals surface area contributed by atoms with Crippen LogP contribution in [0.25, 0.3) is 5.69 Å². The first kappa shape index (κ1) is 14.1. The van der Waals surface area contributed by atoms with Crippen molar-refractivity contribution in [2.45, 2.75) is 24.3 Å². The normalized spacial score (nSPS) is 10.9. The SMILES string of the molecule is CCc1ccc(CSc2nnnn2-c2ccc(O)cc2)s1. The first-order valence-corrected chi connectivity index (χ1v) is 8.34. The van der Waals surface area contributed by atoms with Gasteiger partial charge in [0.1, 0.15) is 5.75 Å². The Labute approximate surface area is 130 Å². The predicted octanol–water partition coefficient (Wildman–Crippen LogP) is 3.28. The third-order valence-electron chi connectivity index (χ3n) is 2.94. The van der Waals surface area contributed by atoms with E-state index in [1.54, 1.807) is 40.7 Å². The lowest BCUT2D eigenvalue weighted by Gasteiger charge is -2.03. The first-order valence-electron chi connectivity index (χ1n) is 6.54. The van der Waals surface area contributed by atoms with E-state index < -0.39 is 0 Å². The van der Waals surface area contributed by atoms with Crippen molar-refractivity contribution in [1.82, 2.24) is 20.2 Å². The van der Waals surface area contributed by atoms with Gasteiger partial charge in [-0.15, -0.1) is 16.4 Å². The third-order valence-corrected chi connectivity index (χ3v) is 5.32. The molecule has 0 amide bonds. The average Bonchev–Trinajstić information content (AvgIpc) is 3.15. The molecule has 1 N–H and O–H groups in total. The minimum absolute atomic E-state index is 0.228. The molecule has 0 unspecified atom stereocenters. The van der Waals surface area contributed by atoms with Gasteiger partial charge in [-0.3, -0.25) is 0 Å². The van der Waals surface area contributed by atoms with Gasteiger partial charge in [0, 0.05) is 15.5 Å². The van der Waals surface area contributed by atoms with Crippen LogP contribution in [0.2, 0.25) is 0 Å². The zero-order valence-corrected chi connectivity index (χ0v) is 13.1. The topological polar surface area (TPSA) is 63.8 Å². The fraction of sp³-hybridized carbons (Fsp3) is 0.214. The molecule has 1 aromatic carbocycles. The van der Waals surface area contributed by atoms with E-state index in [0.717, 1.165) is 23.0 Å². The predicted molar refractivity (Wildman–Crippen MR) is 84.1 cm³/mol. The molecule has 3 aromatic rings. The first-order chi connectivity index (χ1) is 10.3. The number of hydrogen-bond acceptors (Lipinski definition) is 6. The number of phenolic OH excluding ortho intramolecular Hbond substituents is 1. The lowest BCUT2D eigenvalue weighted by atomic mass is 10.3. The van der Waals surface area contributed by atoms with Gasteiger partial charge in [0.25, 0.3) is 0 Å². The molecule has 0 bridgehead atoms. The number of rotatable bonds is 5. The van der Waals surface area contributed by atoms with Gasteiger partial charge in [0.05, 0.1) is 5.69 Å². The number of thioether (sulfide) groups is 1. The van der Waals surface area contributed by atoms with Crippen LogP contribution in [0.4, 0.5) is 0 Å². The summed E-state index contributed by atoms with van der Waals surface area (Å²) >= 11 is 3.43. The van der Waals surface area contributed by atoms with Crippen LogP contribution in [0, 0.1) is 0 Å². The van der Waals surface area contributed by atoms with E-state index in [-0.39, 0.29) is 5.75 Å². The molecule has 3 rings (SSSR count). The average molecular weight is 318 g/mol. The molecule has 108 valence electrons. The summed E-state index contributed by atoms with van der Waals surface area (Å²) in [4.78, 5) is 2.71. The Morgan fingerprint density at radius 3 is 2.62 bits per heavy atom. The quantitative estimate of drug-likeness (QED) is 0.731. The standard InChI is InChI=1S/C14H14N4OS2/c1-2-12-7-8-13(21-12)9-20-14-15-16-17-18(14)10-3-5-11(19)6-4-10/h3-8,19H,2,9H2,1H3. The maximum Gasteiger partial charge on any atom is 0.214 e. The van der Waals surface area contributed by atoms with Crippen LogP contribution in [0.3, 0.4) is 0 Å². The van der Waals surface area contributed by atoms with E-state index in [2.05, 4.69) is 34.6 Å². The van der Waals surface area contributed by atoms with Gasteiger partial charge in [-0.25, -0.2) is 0 Å². The summed E-state index contributed by atoms with van der Waals surface area (Å²) in [6.07, 6.45) is 1.07. The third kappa shape index (κ3) is 3.25. The lowest BCUT2D eigenvalue weighted by Crippen LogP contribution is -1.98. The second-order valence-corrected chi connectivity index (χ2v) is 6.60. The molecule has 0 aliphatic heterocycles. The smallest absolute Gasteiger partial charge is 0.214 e. The van der Waals surface area contributed by atoms with Gasteiger partial charge < -0.3 is 5.11 Å². The summed E-state index contributed by atoms with van der Waals surface area (Å²) in [7, 11) is 0. The number of aryl methyl sites for hydroxylation is 1. The minimum Gasteiger partial charge on any atom is -0.508 e. The van der Waals surface area contributed by atoms with Gasteiger partial charge >= 0.3 is 0 Å². The number of nitrogens with zero attached hydrogens (tertiary/aromatic N) is 4. The summed E-state index contributed by atoms with van der Waals surface area (Å²) in [5.41, 5.74) is 0.834. The Balaban J connectivity index is 1.74. The van der Waals surface area contributed by atoms with Gasteiger partial charge in [-0.1, -0.05) is 18.7 Å². The Morgan fingerprint density at radius 1 is 1.14 bits per heavy atom. The van der Waals surface area contributed by atoms with E-state index in [9.17, 15) is 5.11 Å². The monoisotopic (exact) mass is 318 g/mol. The van der Waals surface area contributed by atoms with Crippen molar-refractivity contribution in [3.05, 3.63) is 46.2 Å². The fourth-order valence-electron chi connectivity index (χ4n) is 1.85. The molecule has 2 aromatic heterocycles. The van der Waals surface area contributed by atoms with Crippen LogP contribution < -0.4 is 0 Å². The highest BCUT2D eigenvalue weighted by Gasteiger charge is 2.10.